The highest BCUT2D eigenvalue weighted by molar-refractivity contribution is 7.89. The maximum atomic E-state index is 12.0. The number of sulfonamides is 1. The van der Waals surface area contributed by atoms with Crippen LogP contribution in [0.1, 0.15) is 10.4 Å². The van der Waals surface area contributed by atoms with Crippen molar-refractivity contribution in [2.75, 3.05) is 20.8 Å². The molecular formula is C12H15NO6S. The van der Waals surface area contributed by atoms with Crippen molar-refractivity contribution in [2.45, 2.75) is 4.90 Å². The molecule has 0 aliphatic rings. The third-order valence-electron chi connectivity index (χ3n) is 2.41. The number of hydrogen-bond acceptors (Lipinski definition) is 5. The van der Waals surface area contributed by atoms with Crippen LogP contribution in [-0.4, -0.2) is 40.3 Å². The Morgan fingerprint density at radius 3 is 2.50 bits per heavy atom. The van der Waals surface area contributed by atoms with Gasteiger partial charge in [-0.1, -0.05) is 6.08 Å². The minimum absolute atomic E-state index is 0.0198. The molecule has 0 aliphatic carbocycles. The number of carbonyl (C=O) groups is 1. The highest BCUT2D eigenvalue weighted by atomic mass is 32.2. The summed E-state index contributed by atoms with van der Waals surface area (Å²) < 4.78 is 36.1. The molecule has 8 heteroatoms. The fourth-order valence-corrected chi connectivity index (χ4v) is 2.54. The zero-order valence-electron chi connectivity index (χ0n) is 11.0. The quantitative estimate of drug-likeness (QED) is 0.724. The van der Waals surface area contributed by atoms with Gasteiger partial charge in [0.05, 0.1) is 19.1 Å². The Kier molecular flexibility index (Phi) is 5.12. The van der Waals surface area contributed by atoms with Crippen LogP contribution in [0.15, 0.2) is 29.7 Å². The van der Waals surface area contributed by atoms with E-state index < -0.39 is 16.0 Å². The second-order valence-corrected chi connectivity index (χ2v) is 5.42. The SMILES string of the molecule is C=CCNS(=O)(=O)c1cc(OC)c(OC)c(C(=O)O)c1. The molecule has 0 radical (unpaired) electrons. The maximum absolute atomic E-state index is 12.0. The molecule has 0 unspecified atom stereocenters. The van der Waals surface area contributed by atoms with Crippen LogP contribution < -0.4 is 14.2 Å². The number of aromatic carboxylic acids is 1. The number of hydrogen-bond donors (Lipinski definition) is 2. The maximum Gasteiger partial charge on any atom is 0.339 e. The molecule has 0 aliphatic heterocycles. The summed E-state index contributed by atoms with van der Waals surface area (Å²) in [6.45, 7) is 3.43. The first-order valence-electron chi connectivity index (χ1n) is 5.47. The molecule has 20 heavy (non-hydrogen) atoms. The predicted molar refractivity (Wildman–Crippen MR) is 71.9 cm³/mol. The largest absolute Gasteiger partial charge is 0.493 e. The molecule has 0 aromatic heterocycles. The van der Waals surface area contributed by atoms with Crippen molar-refractivity contribution in [3.63, 3.8) is 0 Å². The number of benzene rings is 1. The molecule has 0 atom stereocenters. The molecule has 2 N–H and O–H groups in total. The van der Waals surface area contributed by atoms with E-state index in [0.29, 0.717) is 0 Å². The number of nitrogens with one attached hydrogen (secondary N) is 1. The first-order valence-corrected chi connectivity index (χ1v) is 6.95. The fourth-order valence-electron chi connectivity index (χ4n) is 1.51. The van der Waals surface area contributed by atoms with E-state index >= 15 is 0 Å². The van der Waals surface area contributed by atoms with E-state index in [1.165, 1.54) is 26.4 Å². The third-order valence-corrected chi connectivity index (χ3v) is 3.81. The number of rotatable bonds is 7. The Labute approximate surface area is 116 Å². The molecule has 1 aromatic carbocycles. The van der Waals surface area contributed by atoms with Crippen molar-refractivity contribution >= 4 is 16.0 Å². The first kappa shape index (κ1) is 16.0. The normalized spacial score (nSPS) is 10.9. The van der Waals surface area contributed by atoms with Gasteiger partial charge in [-0.15, -0.1) is 6.58 Å². The van der Waals surface area contributed by atoms with Gasteiger partial charge in [0.15, 0.2) is 11.5 Å². The summed E-state index contributed by atoms with van der Waals surface area (Å²) >= 11 is 0. The molecule has 1 rings (SSSR count). The number of methoxy groups -OCH3 is 2. The molecule has 7 nitrogen and oxygen atoms in total. The summed E-state index contributed by atoms with van der Waals surface area (Å²) in [5.41, 5.74) is -0.300. The summed E-state index contributed by atoms with van der Waals surface area (Å²) in [4.78, 5) is 10.9. The van der Waals surface area contributed by atoms with Gasteiger partial charge in [-0.3, -0.25) is 0 Å². The number of carboxylic acid groups (broad SMARTS) is 1. The zero-order valence-corrected chi connectivity index (χ0v) is 11.9. The molecule has 0 bridgehead atoms. The highest BCUT2D eigenvalue weighted by Crippen LogP contribution is 2.34. The molecule has 0 amide bonds. The number of carboxylic acids is 1. The Bertz CT molecular complexity index is 623. The van der Waals surface area contributed by atoms with Crippen LogP contribution in [0.2, 0.25) is 0 Å². The van der Waals surface area contributed by atoms with Crippen LogP contribution in [0.5, 0.6) is 11.5 Å². The van der Waals surface area contributed by atoms with Gasteiger partial charge in [-0.2, -0.15) is 0 Å². The minimum atomic E-state index is -3.86. The van der Waals surface area contributed by atoms with E-state index in [1.807, 2.05) is 0 Å². The van der Waals surface area contributed by atoms with Gasteiger partial charge in [-0.05, 0) is 6.07 Å². The Morgan fingerprint density at radius 2 is 2.05 bits per heavy atom. The van der Waals surface area contributed by atoms with Crippen molar-refractivity contribution in [1.82, 2.24) is 4.72 Å². The summed E-state index contributed by atoms with van der Waals surface area (Å²) in [6.07, 6.45) is 1.37. The zero-order chi connectivity index (χ0) is 15.3. The lowest BCUT2D eigenvalue weighted by molar-refractivity contribution is 0.0692. The van der Waals surface area contributed by atoms with Crippen LogP contribution in [-0.2, 0) is 10.0 Å². The molecule has 110 valence electrons. The average Bonchev–Trinajstić information content (AvgIpc) is 2.43. The second-order valence-electron chi connectivity index (χ2n) is 3.65. The summed E-state index contributed by atoms with van der Waals surface area (Å²) in [5, 5.41) is 9.12. The lowest BCUT2D eigenvalue weighted by Crippen LogP contribution is -2.24. The fraction of sp³-hybridized carbons (Fsp3) is 0.250. The molecule has 0 saturated carbocycles. The minimum Gasteiger partial charge on any atom is -0.493 e. The van der Waals surface area contributed by atoms with Gasteiger partial charge in [0.1, 0.15) is 5.56 Å². The Morgan fingerprint density at radius 1 is 1.40 bits per heavy atom. The standard InChI is InChI=1S/C12H15NO6S/c1-4-5-13-20(16,17)8-6-9(12(14)15)11(19-3)10(7-8)18-2/h4,6-7,13H,1,5H2,2-3H3,(H,14,15). The van der Waals surface area contributed by atoms with E-state index in [1.54, 1.807) is 0 Å². The number of ether oxygens (including phenoxy) is 2. The van der Waals surface area contributed by atoms with Gasteiger partial charge < -0.3 is 14.6 Å². The highest BCUT2D eigenvalue weighted by Gasteiger charge is 2.23. The lowest BCUT2D eigenvalue weighted by atomic mass is 10.2. The smallest absolute Gasteiger partial charge is 0.339 e. The van der Waals surface area contributed by atoms with Crippen molar-refractivity contribution in [3.8, 4) is 11.5 Å². The van der Waals surface area contributed by atoms with Crippen LogP contribution in [0.4, 0.5) is 0 Å². The van der Waals surface area contributed by atoms with Gasteiger partial charge in [0.2, 0.25) is 10.0 Å². The molecule has 1 aromatic rings. The van der Waals surface area contributed by atoms with E-state index in [0.717, 1.165) is 6.07 Å². The van der Waals surface area contributed by atoms with Crippen molar-refractivity contribution in [3.05, 3.63) is 30.4 Å². The first-order chi connectivity index (χ1) is 9.37. The van der Waals surface area contributed by atoms with Gasteiger partial charge >= 0.3 is 5.97 Å². The topological polar surface area (TPSA) is 102 Å². The van der Waals surface area contributed by atoms with E-state index in [9.17, 15) is 13.2 Å². The summed E-state index contributed by atoms with van der Waals surface area (Å²) in [5.74, 6) is -1.34. The van der Waals surface area contributed by atoms with E-state index in [2.05, 4.69) is 11.3 Å². The molecular weight excluding hydrogens is 286 g/mol. The van der Waals surface area contributed by atoms with Crippen molar-refractivity contribution in [2.24, 2.45) is 0 Å². The third kappa shape index (κ3) is 3.28. The van der Waals surface area contributed by atoms with Crippen LogP contribution in [0, 0.1) is 0 Å². The lowest BCUT2D eigenvalue weighted by Gasteiger charge is -2.13. The second kappa shape index (κ2) is 6.40. The molecule has 0 saturated heterocycles. The summed E-state index contributed by atoms with van der Waals surface area (Å²) in [6, 6.07) is 2.20. The Balaban J connectivity index is 3.47. The average molecular weight is 301 g/mol. The van der Waals surface area contributed by atoms with Gasteiger partial charge in [0.25, 0.3) is 0 Å². The van der Waals surface area contributed by atoms with E-state index in [4.69, 9.17) is 14.6 Å². The predicted octanol–water partition coefficient (Wildman–Crippen LogP) is 0.866. The molecule has 0 heterocycles. The van der Waals surface area contributed by atoms with Gasteiger partial charge in [0, 0.05) is 12.6 Å². The van der Waals surface area contributed by atoms with E-state index in [-0.39, 0.29) is 28.5 Å². The molecule has 0 spiro atoms. The monoisotopic (exact) mass is 301 g/mol. The van der Waals surface area contributed by atoms with Gasteiger partial charge in [-0.25, -0.2) is 17.9 Å². The molecule has 0 fully saturated rings. The van der Waals surface area contributed by atoms with Crippen molar-refractivity contribution in [1.29, 1.82) is 0 Å². The summed E-state index contributed by atoms with van der Waals surface area (Å²) in [7, 11) is -1.30. The Hall–Kier alpha value is -2.06. The van der Waals surface area contributed by atoms with Crippen molar-refractivity contribution < 1.29 is 27.8 Å². The van der Waals surface area contributed by atoms with Crippen LogP contribution in [0.25, 0.3) is 0 Å². The van der Waals surface area contributed by atoms with Crippen LogP contribution >= 0.6 is 0 Å². The van der Waals surface area contributed by atoms with Crippen LogP contribution in [0.3, 0.4) is 0 Å².